The SMILES string of the molecule is C=C(C)C(=O)NCCC[N+](C)(C)CCCS(=O)(=O)O.C=C(C)C(=O)O.O. The Morgan fingerprint density at radius 3 is 1.81 bits per heavy atom. The number of carboxylic acids is 1. The number of amides is 1. The summed E-state index contributed by atoms with van der Waals surface area (Å²) < 4.78 is 30.5. The van der Waals surface area contributed by atoms with Gasteiger partial charge in [-0.05, 0) is 13.8 Å². The van der Waals surface area contributed by atoms with Crippen molar-refractivity contribution in [3.05, 3.63) is 24.3 Å². The van der Waals surface area contributed by atoms with Crippen LogP contribution in [0.15, 0.2) is 24.3 Å². The van der Waals surface area contributed by atoms with Crippen molar-refractivity contribution in [2.45, 2.75) is 26.7 Å². The van der Waals surface area contributed by atoms with Crippen molar-refractivity contribution in [3.63, 3.8) is 0 Å². The van der Waals surface area contributed by atoms with Crippen LogP contribution in [0.2, 0.25) is 0 Å². The molecule has 1 amide bonds. The molecule has 154 valence electrons. The molecule has 0 saturated carbocycles. The lowest BCUT2D eigenvalue weighted by molar-refractivity contribution is -0.890. The Labute approximate surface area is 156 Å². The Kier molecular flexibility index (Phi) is 15.0. The largest absolute Gasteiger partial charge is 0.478 e. The molecule has 0 saturated heterocycles. The van der Waals surface area contributed by atoms with Crippen molar-refractivity contribution in [2.75, 3.05) is 39.5 Å². The summed E-state index contributed by atoms with van der Waals surface area (Å²) in [6, 6.07) is 0. The number of carbonyl (C=O) groups is 2. The average Bonchev–Trinajstić information content (AvgIpc) is 2.42. The third kappa shape index (κ3) is 20.3. The molecule has 0 aromatic carbocycles. The molecule has 0 fully saturated rings. The van der Waals surface area contributed by atoms with Crippen LogP contribution in [-0.2, 0) is 19.7 Å². The number of nitrogens with one attached hydrogen (secondary N) is 1. The van der Waals surface area contributed by atoms with E-state index in [4.69, 9.17) is 9.66 Å². The van der Waals surface area contributed by atoms with Gasteiger partial charge in [0.2, 0.25) is 5.91 Å². The maximum absolute atomic E-state index is 11.2. The second kappa shape index (κ2) is 13.5. The number of rotatable bonds is 10. The summed E-state index contributed by atoms with van der Waals surface area (Å²) in [5.41, 5.74) is 0.664. The minimum absolute atomic E-state index is 0. The molecule has 0 radical (unpaired) electrons. The second-order valence-corrected chi connectivity index (χ2v) is 8.07. The highest BCUT2D eigenvalue weighted by Gasteiger charge is 2.16. The fourth-order valence-corrected chi connectivity index (χ4v) is 2.14. The van der Waals surface area contributed by atoms with Gasteiger partial charge in [-0.2, -0.15) is 8.42 Å². The van der Waals surface area contributed by atoms with Gasteiger partial charge < -0.3 is 20.4 Å². The summed E-state index contributed by atoms with van der Waals surface area (Å²) in [5.74, 6) is -1.28. The smallest absolute Gasteiger partial charge is 0.330 e. The van der Waals surface area contributed by atoms with Crippen LogP contribution in [0.25, 0.3) is 0 Å². The van der Waals surface area contributed by atoms with Crippen molar-refractivity contribution in [1.82, 2.24) is 5.32 Å². The maximum Gasteiger partial charge on any atom is 0.330 e. The monoisotopic (exact) mass is 397 g/mol. The molecule has 0 aliphatic carbocycles. The van der Waals surface area contributed by atoms with Gasteiger partial charge in [-0.1, -0.05) is 13.2 Å². The fourth-order valence-electron chi connectivity index (χ4n) is 1.65. The lowest BCUT2D eigenvalue weighted by Gasteiger charge is -2.29. The standard InChI is InChI=1S/C12H24N2O4S.C4H6O2.H2O/c1-11(2)12(15)13-7-5-8-14(3,4)9-6-10-19(16,17)18;1-3(2)4(5)6;/h1,5-10H2,2-4H3,(H-,13,15,16,17,18);1H2,2H3,(H,5,6);1H2/p+1. The van der Waals surface area contributed by atoms with Crippen molar-refractivity contribution in [1.29, 1.82) is 0 Å². The summed E-state index contributed by atoms with van der Waals surface area (Å²) in [4.78, 5) is 20.8. The van der Waals surface area contributed by atoms with E-state index >= 15 is 0 Å². The van der Waals surface area contributed by atoms with Gasteiger partial charge in [0.15, 0.2) is 0 Å². The van der Waals surface area contributed by atoms with E-state index in [2.05, 4.69) is 18.5 Å². The van der Waals surface area contributed by atoms with Crippen LogP contribution in [0.5, 0.6) is 0 Å². The van der Waals surface area contributed by atoms with E-state index in [1.807, 2.05) is 14.1 Å². The molecule has 0 unspecified atom stereocenters. The second-order valence-electron chi connectivity index (χ2n) is 6.50. The van der Waals surface area contributed by atoms with Crippen LogP contribution in [0.3, 0.4) is 0 Å². The van der Waals surface area contributed by atoms with Crippen LogP contribution in [0.1, 0.15) is 26.7 Å². The molecule has 5 N–H and O–H groups in total. The average molecular weight is 398 g/mol. The highest BCUT2D eigenvalue weighted by atomic mass is 32.2. The number of nitrogens with zero attached hydrogens (tertiary/aromatic N) is 1. The number of hydrogen-bond acceptors (Lipinski definition) is 4. The van der Waals surface area contributed by atoms with Gasteiger partial charge in [0.05, 0.1) is 32.9 Å². The van der Waals surface area contributed by atoms with E-state index in [0.717, 1.165) is 13.0 Å². The zero-order valence-corrected chi connectivity index (χ0v) is 16.9. The topological polar surface area (TPSA) is 152 Å². The van der Waals surface area contributed by atoms with Gasteiger partial charge in [0, 0.05) is 30.5 Å². The predicted octanol–water partition coefficient (Wildman–Crippen LogP) is 0.246. The van der Waals surface area contributed by atoms with Crippen LogP contribution in [0.4, 0.5) is 0 Å². The van der Waals surface area contributed by atoms with Gasteiger partial charge in [-0.15, -0.1) is 0 Å². The zero-order valence-electron chi connectivity index (χ0n) is 16.0. The molecule has 0 spiro atoms. The Bertz CT molecular complexity index is 571. The number of aliphatic carboxylic acids is 1. The van der Waals surface area contributed by atoms with Gasteiger partial charge >= 0.3 is 5.97 Å². The lowest BCUT2D eigenvalue weighted by Crippen LogP contribution is -2.43. The summed E-state index contributed by atoms with van der Waals surface area (Å²) in [6.45, 7) is 11.9. The Balaban J connectivity index is -0.000000649. The minimum atomic E-state index is -3.87. The molecule has 26 heavy (non-hydrogen) atoms. The molecular formula is C16H33N2O7S+. The number of quaternary nitrogens is 1. The number of carbonyl (C=O) groups excluding carboxylic acids is 1. The first kappa shape index (κ1) is 29.0. The molecule has 0 bridgehead atoms. The van der Waals surface area contributed by atoms with Crippen molar-refractivity contribution >= 4 is 22.0 Å². The predicted molar refractivity (Wildman–Crippen MR) is 101 cm³/mol. The molecule has 9 nitrogen and oxygen atoms in total. The summed E-state index contributed by atoms with van der Waals surface area (Å²) >= 11 is 0. The van der Waals surface area contributed by atoms with E-state index in [-0.39, 0.29) is 22.7 Å². The third-order valence-electron chi connectivity index (χ3n) is 3.14. The Morgan fingerprint density at radius 1 is 1.04 bits per heavy atom. The van der Waals surface area contributed by atoms with E-state index < -0.39 is 16.1 Å². The van der Waals surface area contributed by atoms with Crippen LogP contribution in [-0.4, -0.2) is 79.4 Å². The fraction of sp³-hybridized carbons (Fsp3) is 0.625. The minimum Gasteiger partial charge on any atom is -0.478 e. The summed E-state index contributed by atoms with van der Waals surface area (Å²) in [6.07, 6.45) is 1.22. The van der Waals surface area contributed by atoms with E-state index in [9.17, 15) is 18.0 Å². The molecule has 0 aromatic rings. The number of hydrogen-bond donors (Lipinski definition) is 3. The molecule has 0 aliphatic heterocycles. The highest BCUT2D eigenvalue weighted by Crippen LogP contribution is 2.02. The molecule has 0 aromatic heterocycles. The quantitative estimate of drug-likeness (QED) is 0.208. The normalized spacial score (nSPS) is 10.7. The van der Waals surface area contributed by atoms with Crippen molar-refractivity contribution in [2.24, 2.45) is 0 Å². The Hall–Kier alpha value is -1.75. The summed E-state index contributed by atoms with van der Waals surface area (Å²) in [5, 5.41) is 10.6. The zero-order chi connectivity index (χ0) is 20.3. The molecule has 0 rings (SSSR count). The maximum atomic E-state index is 11.2. The Morgan fingerprint density at radius 2 is 1.46 bits per heavy atom. The van der Waals surface area contributed by atoms with Gasteiger partial charge in [0.1, 0.15) is 0 Å². The van der Waals surface area contributed by atoms with Gasteiger partial charge in [0.25, 0.3) is 10.1 Å². The molecule has 0 atom stereocenters. The highest BCUT2D eigenvalue weighted by molar-refractivity contribution is 7.85. The van der Waals surface area contributed by atoms with E-state index in [0.29, 0.717) is 29.6 Å². The van der Waals surface area contributed by atoms with E-state index in [1.165, 1.54) is 6.92 Å². The van der Waals surface area contributed by atoms with Crippen molar-refractivity contribution in [3.8, 4) is 0 Å². The molecule has 10 heteroatoms. The molecular weight excluding hydrogens is 364 g/mol. The van der Waals surface area contributed by atoms with Crippen LogP contribution >= 0.6 is 0 Å². The molecule has 0 heterocycles. The van der Waals surface area contributed by atoms with Gasteiger partial charge in [-0.25, -0.2) is 4.79 Å². The van der Waals surface area contributed by atoms with Crippen LogP contribution in [0, 0.1) is 0 Å². The third-order valence-corrected chi connectivity index (χ3v) is 3.95. The van der Waals surface area contributed by atoms with Crippen LogP contribution < -0.4 is 5.32 Å². The van der Waals surface area contributed by atoms with Gasteiger partial charge in [-0.3, -0.25) is 9.35 Å². The summed E-state index contributed by atoms with van der Waals surface area (Å²) in [7, 11) is 0.112. The first-order chi connectivity index (χ1) is 11.2. The van der Waals surface area contributed by atoms with E-state index in [1.54, 1.807) is 6.92 Å². The number of carboxylic acid groups (broad SMARTS) is 1. The first-order valence-corrected chi connectivity index (χ1v) is 9.38. The molecule has 0 aliphatic rings. The van der Waals surface area contributed by atoms with Crippen molar-refractivity contribution < 1.29 is 37.6 Å². The first-order valence-electron chi connectivity index (χ1n) is 7.77. The lowest BCUT2D eigenvalue weighted by atomic mass is 10.3.